The average Bonchev–Trinajstić information content (AvgIpc) is 1.66. The number of hydrogen-bond donors (Lipinski definition) is 0. The largest absolute Gasteiger partial charge is 0.232 e. The molecule has 8 heavy (non-hydrogen) atoms. The Morgan fingerprint density at radius 2 is 2.38 bits per heavy atom. The first kappa shape index (κ1) is 7.08. The van der Waals surface area contributed by atoms with Gasteiger partial charge in [0, 0.05) is 13.1 Å². The van der Waals surface area contributed by atoms with Crippen LogP contribution in [0, 0.1) is 0 Å². The molecule has 0 atom stereocenters. The zero-order valence-corrected chi connectivity index (χ0v) is 4.76. The Morgan fingerprint density at radius 3 is 2.75 bits per heavy atom. The van der Waals surface area contributed by atoms with Crippen molar-refractivity contribution in [3.05, 3.63) is 24.9 Å². The SMILES string of the molecule is C=C/C=C\N=C(/C)F. The van der Waals surface area contributed by atoms with Crippen LogP contribution in [0.15, 0.2) is 29.9 Å². The van der Waals surface area contributed by atoms with Crippen LogP contribution in [0.3, 0.4) is 0 Å². The Hall–Kier alpha value is -0.920. The lowest BCUT2D eigenvalue weighted by Crippen LogP contribution is -1.70. The second kappa shape index (κ2) is 4.24. The number of allylic oxidation sites excluding steroid dienone is 2. The summed E-state index contributed by atoms with van der Waals surface area (Å²) in [7, 11) is 0. The molecule has 0 spiro atoms. The normalized spacial score (nSPS) is 12.5. The van der Waals surface area contributed by atoms with Crippen molar-refractivity contribution < 1.29 is 4.39 Å². The van der Waals surface area contributed by atoms with E-state index in [-0.39, 0.29) is 0 Å². The van der Waals surface area contributed by atoms with Crippen molar-refractivity contribution in [1.82, 2.24) is 0 Å². The highest BCUT2D eigenvalue weighted by atomic mass is 19.1. The van der Waals surface area contributed by atoms with Crippen LogP contribution in [-0.2, 0) is 0 Å². The highest BCUT2D eigenvalue weighted by Crippen LogP contribution is 1.80. The first-order valence-corrected chi connectivity index (χ1v) is 2.25. The fourth-order valence-electron chi connectivity index (χ4n) is 0.207. The van der Waals surface area contributed by atoms with Crippen molar-refractivity contribution in [2.75, 3.05) is 0 Å². The van der Waals surface area contributed by atoms with E-state index in [0.717, 1.165) is 0 Å². The van der Waals surface area contributed by atoms with Crippen LogP contribution < -0.4 is 0 Å². The lowest BCUT2D eigenvalue weighted by atomic mass is 10.6. The van der Waals surface area contributed by atoms with Crippen LogP contribution >= 0.6 is 0 Å². The van der Waals surface area contributed by atoms with Crippen molar-refractivity contribution in [2.24, 2.45) is 4.99 Å². The van der Waals surface area contributed by atoms with E-state index in [1.807, 2.05) is 0 Å². The molecule has 0 fully saturated rings. The molecule has 0 saturated carbocycles. The first-order chi connectivity index (χ1) is 3.77. The fraction of sp³-hybridized carbons (Fsp3) is 0.167. The number of nitrogens with zero attached hydrogens (tertiary/aromatic N) is 1. The molecule has 2 heteroatoms. The molecule has 0 aromatic heterocycles. The highest BCUT2D eigenvalue weighted by Gasteiger charge is 1.73. The van der Waals surface area contributed by atoms with Gasteiger partial charge in [0.15, 0.2) is 5.97 Å². The second-order valence-corrected chi connectivity index (χ2v) is 1.20. The predicted molar refractivity (Wildman–Crippen MR) is 33.6 cm³/mol. The molecule has 0 aliphatic carbocycles. The van der Waals surface area contributed by atoms with E-state index >= 15 is 0 Å². The Bertz CT molecular complexity index is 120. The van der Waals surface area contributed by atoms with Gasteiger partial charge in [-0.05, 0) is 6.08 Å². The van der Waals surface area contributed by atoms with Gasteiger partial charge in [0.2, 0.25) is 0 Å². The van der Waals surface area contributed by atoms with Gasteiger partial charge in [0.25, 0.3) is 0 Å². The molecule has 0 bridgehead atoms. The van der Waals surface area contributed by atoms with Crippen LogP contribution in [0.5, 0.6) is 0 Å². The van der Waals surface area contributed by atoms with Crippen LogP contribution in [0.25, 0.3) is 0 Å². The minimum absolute atomic E-state index is 0.442. The van der Waals surface area contributed by atoms with E-state index in [1.165, 1.54) is 19.2 Å². The number of halogens is 1. The van der Waals surface area contributed by atoms with Crippen molar-refractivity contribution in [1.29, 1.82) is 0 Å². The van der Waals surface area contributed by atoms with E-state index in [9.17, 15) is 4.39 Å². The molecular weight excluding hydrogens is 105 g/mol. The molecule has 0 radical (unpaired) electrons. The minimum atomic E-state index is -0.442. The maximum absolute atomic E-state index is 11.7. The van der Waals surface area contributed by atoms with E-state index in [2.05, 4.69) is 11.6 Å². The molecule has 44 valence electrons. The molecule has 0 saturated heterocycles. The number of rotatable bonds is 2. The second-order valence-electron chi connectivity index (χ2n) is 1.20. The van der Waals surface area contributed by atoms with E-state index < -0.39 is 5.97 Å². The lowest BCUT2D eigenvalue weighted by molar-refractivity contribution is 0.798. The van der Waals surface area contributed by atoms with Gasteiger partial charge in [0.05, 0.1) is 0 Å². The first-order valence-electron chi connectivity index (χ1n) is 2.25. The molecular formula is C6H8FN. The smallest absolute Gasteiger partial charge is 0.185 e. The molecule has 0 unspecified atom stereocenters. The van der Waals surface area contributed by atoms with Crippen molar-refractivity contribution >= 4 is 5.97 Å². The topological polar surface area (TPSA) is 12.4 Å². The third kappa shape index (κ3) is 5.08. The van der Waals surface area contributed by atoms with Gasteiger partial charge in [-0.15, -0.1) is 0 Å². The maximum atomic E-state index is 11.7. The Kier molecular flexibility index (Phi) is 3.76. The summed E-state index contributed by atoms with van der Waals surface area (Å²) < 4.78 is 11.7. The molecule has 1 nitrogen and oxygen atoms in total. The third-order valence-corrected chi connectivity index (χ3v) is 0.475. The molecule has 0 rings (SSSR count). The lowest BCUT2D eigenvalue weighted by Gasteiger charge is -1.74. The van der Waals surface area contributed by atoms with Crippen molar-refractivity contribution in [3.63, 3.8) is 0 Å². The number of hydrogen-bond acceptors (Lipinski definition) is 1. The summed E-state index contributed by atoms with van der Waals surface area (Å²) in [5.74, 6) is -0.442. The molecule has 0 N–H and O–H groups in total. The Balaban J connectivity index is 3.57. The summed E-state index contributed by atoms with van der Waals surface area (Å²) in [4.78, 5) is 3.31. The molecule has 0 aliphatic rings. The van der Waals surface area contributed by atoms with E-state index in [1.54, 1.807) is 6.08 Å². The minimum Gasteiger partial charge on any atom is -0.232 e. The Morgan fingerprint density at radius 1 is 1.75 bits per heavy atom. The molecule has 0 aromatic rings. The van der Waals surface area contributed by atoms with Gasteiger partial charge in [-0.3, -0.25) is 0 Å². The molecule has 0 amide bonds. The van der Waals surface area contributed by atoms with Gasteiger partial charge < -0.3 is 0 Å². The zero-order chi connectivity index (χ0) is 6.41. The monoisotopic (exact) mass is 113 g/mol. The summed E-state index contributed by atoms with van der Waals surface area (Å²) in [5, 5.41) is 0. The summed E-state index contributed by atoms with van der Waals surface area (Å²) >= 11 is 0. The quantitative estimate of drug-likeness (QED) is 0.384. The zero-order valence-electron chi connectivity index (χ0n) is 4.76. The van der Waals surface area contributed by atoms with E-state index in [4.69, 9.17) is 0 Å². The van der Waals surface area contributed by atoms with Crippen LogP contribution in [0.4, 0.5) is 4.39 Å². The fourth-order valence-corrected chi connectivity index (χ4v) is 0.207. The predicted octanol–water partition coefficient (Wildman–Crippen LogP) is 2.07. The van der Waals surface area contributed by atoms with Gasteiger partial charge in [-0.25, -0.2) is 4.99 Å². The molecule has 0 aromatic carbocycles. The van der Waals surface area contributed by atoms with Gasteiger partial charge in [-0.2, -0.15) is 4.39 Å². The summed E-state index contributed by atoms with van der Waals surface area (Å²) in [6, 6.07) is 0. The maximum Gasteiger partial charge on any atom is 0.185 e. The Labute approximate surface area is 48.2 Å². The summed E-state index contributed by atoms with van der Waals surface area (Å²) in [6.45, 7) is 4.66. The van der Waals surface area contributed by atoms with Crippen molar-refractivity contribution in [3.8, 4) is 0 Å². The van der Waals surface area contributed by atoms with E-state index in [0.29, 0.717) is 0 Å². The van der Waals surface area contributed by atoms with Crippen molar-refractivity contribution in [2.45, 2.75) is 6.92 Å². The standard InChI is InChI=1S/C6H8FN/c1-3-4-5-8-6(2)7/h3-5H,1H2,2H3/b5-4-,8-6+. The average molecular weight is 113 g/mol. The van der Waals surface area contributed by atoms with Gasteiger partial charge in [-0.1, -0.05) is 12.7 Å². The van der Waals surface area contributed by atoms with Gasteiger partial charge >= 0.3 is 0 Å². The van der Waals surface area contributed by atoms with Crippen LogP contribution in [0.2, 0.25) is 0 Å². The number of aliphatic imine (C=N–C) groups is 1. The van der Waals surface area contributed by atoms with Gasteiger partial charge in [0.1, 0.15) is 0 Å². The molecule has 0 aliphatic heterocycles. The summed E-state index contributed by atoms with van der Waals surface area (Å²) in [6.07, 6.45) is 4.44. The molecule has 0 heterocycles. The summed E-state index contributed by atoms with van der Waals surface area (Å²) in [5.41, 5.74) is 0. The van der Waals surface area contributed by atoms with Crippen LogP contribution in [0.1, 0.15) is 6.92 Å². The van der Waals surface area contributed by atoms with Crippen LogP contribution in [-0.4, -0.2) is 5.97 Å². The third-order valence-electron chi connectivity index (χ3n) is 0.475. The highest BCUT2D eigenvalue weighted by molar-refractivity contribution is 5.72.